The van der Waals surface area contributed by atoms with E-state index in [1.54, 1.807) is 0 Å². The predicted molar refractivity (Wildman–Crippen MR) is 122 cm³/mol. The highest BCUT2D eigenvalue weighted by atomic mass is 16.5. The SMILES string of the molecule is CCCCCCCCOC(=O)CCC(=O)O.CCCCCCCCOC(=O)CCC(=O)O. The molecule has 0 aromatic rings. The van der Waals surface area contributed by atoms with Crippen LogP contribution in [0.1, 0.15) is 117 Å². The Morgan fingerprint density at radius 1 is 0.500 bits per heavy atom. The maximum absolute atomic E-state index is 11.0. The lowest BCUT2D eigenvalue weighted by atomic mass is 10.1. The Hall–Kier alpha value is -2.12. The topological polar surface area (TPSA) is 127 Å². The van der Waals surface area contributed by atoms with Gasteiger partial charge in [-0.05, 0) is 12.8 Å². The van der Waals surface area contributed by atoms with Crippen molar-refractivity contribution in [3.63, 3.8) is 0 Å². The van der Waals surface area contributed by atoms with E-state index in [4.69, 9.17) is 19.7 Å². The molecule has 0 radical (unpaired) electrons. The van der Waals surface area contributed by atoms with Crippen LogP contribution in [0, 0.1) is 0 Å². The van der Waals surface area contributed by atoms with Gasteiger partial charge in [-0.15, -0.1) is 0 Å². The summed E-state index contributed by atoms with van der Waals surface area (Å²) in [6, 6.07) is 0. The molecule has 0 atom stereocenters. The molecule has 0 saturated heterocycles. The fraction of sp³-hybridized carbons (Fsp3) is 0.833. The number of carbonyl (C=O) groups is 4. The van der Waals surface area contributed by atoms with E-state index in [1.165, 1.54) is 51.4 Å². The van der Waals surface area contributed by atoms with Crippen molar-refractivity contribution in [3.05, 3.63) is 0 Å². The smallest absolute Gasteiger partial charge is 0.306 e. The molecule has 0 spiro atoms. The first-order valence-corrected chi connectivity index (χ1v) is 12.1. The molecule has 0 heterocycles. The van der Waals surface area contributed by atoms with Crippen LogP contribution < -0.4 is 0 Å². The minimum absolute atomic E-state index is 0.0227. The highest BCUT2D eigenvalue weighted by Gasteiger charge is 2.06. The van der Waals surface area contributed by atoms with E-state index >= 15 is 0 Å². The number of esters is 2. The molecule has 0 aliphatic heterocycles. The van der Waals surface area contributed by atoms with Crippen molar-refractivity contribution in [2.45, 2.75) is 117 Å². The molecule has 0 aliphatic carbocycles. The number of carbonyl (C=O) groups excluding carboxylic acids is 2. The zero-order valence-electron chi connectivity index (χ0n) is 20.1. The second-order valence-electron chi connectivity index (χ2n) is 7.76. The number of unbranched alkanes of at least 4 members (excludes halogenated alkanes) is 10. The Bertz CT molecular complexity index is 446. The van der Waals surface area contributed by atoms with Gasteiger partial charge in [0.15, 0.2) is 0 Å². The Morgan fingerprint density at radius 3 is 1.12 bits per heavy atom. The van der Waals surface area contributed by atoms with Gasteiger partial charge in [0.2, 0.25) is 0 Å². The number of aliphatic carboxylic acids is 2. The second kappa shape index (κ2) is 25.1. The van der Waals surface area contributed by atoms with Crippen molar-refractivity contribution in [1.82, 2.24) is 0 Å². The van der Waals surface area contributed by atoms with Gasteiger partial charge in [0.25, 0.3) is 0 Å². The third kappa shape index (κ3) is 30.1. The molecule has 0 unspecified atom stereocenters. The predicted octanol–water partition coefficient (Wildman–Crippen LogP) is 5.51. The highest BCUT2D eigenvalue weighted by Crippen LogP contribution is 2.06. The largest absolute Gasteiger partial charge is 0.481 e. The van der Waals surface area contributed by atoms with E-state index in [0.29, 0.717) is 13.2 Å². The van der Waals surface area contributed by atoms with Crippen molar-refractivity contribution in [3.8, 4) is 0 Å². The Morgan fingerprint density at radius 2 is 0.812 bits per heavy atom. The highest BCUT2D eigenvalue weighted by molar-refractivity contribution is 5.77. The lowest BCUT2D eigenvalue weighted by Crippen LogP contribution is -2.08. The van der Waals surface area contributed by atoms with E-state index in [0.717, 1.165) is 25.7 Å². The molecular formula is C24H44O8. The van der Waals surface area contributed by atoms with E-state index in [2.05, 4.69) is 13.8 Å². The number of ether oxygens (including phenoxy) is 2. The Balaban J connectivity index is 0. The maximum atomic E-state index is 11.0. The average Bonchev–Trinajstić information content (AvgIpc) is 2.75. The molecule has 0 amide bonds. The molecule has 0 fully saturated rings. The molecule has 0 rings (SSSR count). The van der Waals surface area contributed by atoms with Gasteiger partial charge in [0.1, 0.15) is 0 Å². The first-order valence-electron chi connectivity index (χ1n) is 12.1. The van der Waals surface area contributed by atoms with Crippen molar-refractivity contribution in [2.24, 2.45) is 0 Å². The van der Waals surface area contributed by atoms with Crippen LogP contribution in [-0.2, 0) is 28.7 Å². The minimum Gasteiger partial charge on any atom is -0.481 e. The molecule has 0 aromatic heterocycles. The number of hydrogen-bond donors (Lipinski definition) is 2. The van der Waals surface area contributed by atoms with E-state index in [1.807, 2.05) is 0 Å². The third-order valence-electron chi connectivity index (χ3n) is 4.61. The van der Waals surface area contributed by atoms with Crippen molar-refractivity contribution in [1.29, 1.82) is 0 Å². The zero-order chi connectivity index (χ0) is 24.5. The molecule has 8 nitrogen and oxygen atoms in total. The summed E-state index contributed by atoms with van der Waals surface area (Å²) >= 11 is 0. The van der Waals surface area contributed by atoms with Crippen LogP contribution in [0.15, 0.2) is 0 Å². The quantitative estimate of drug-likeness (QED) is 0.180. The van der Waals surface area contributed by atoms with Crippen LogP contribution in [0.3, 0.4) is 0 Å². The normalized spacial score (nSPS) is 10.1. The number of rotatable bonds is 20. The Kier molecular flexibility index (Phi) is 25.2. The Labute approximate surface area is 193 Å². The van der Waals surface area contributed by atoms with Gasteiger partial charge in [0, 0.05) is 0 Å². The molecule has 2 N–H and O–H groups in total. The van der Waals surface area contributed by atoms with Gasteiger partial charge in [0.05, 0.1) is 38.9 Å². The lowest BCUT2D eigenvalue weighted by Gasteiger charge is -2.03. The summed E-state index contributed by atoms with van der Waals surface area (Å²) in [7, 11) is 0. The van der Waals surface area contributed by atoms with Crippen LogP contribution in [0.5, 0.6) is 0 Å². The summed E-state index contributed by atoms with van der Waals surface area (Å²) < 4.78 is 9.79. The summed E-state index contributed by atoms with van der Waals surface area (Å²) in [6.45, 7) is 5.18. The molecule has 188 valence electrons. The number of carboxylic acids is 2. The first-order chi connectivity index (χ1) is 15.3. The van der Waals surface area contributed by atoms with Crippen molar-refractivity contribution in [2.75, 3.05) is 13.2 Å². The standard InChI is InChI=1S/2C12H22O4/c2*1-2-3-4-5-6-7-10-16-12(15)9-8-11(13)14/h2*2-10H2,1H3,(H,13,14). The molecule has 32 heavy (non-hydrogen) atoms. The summed E-state index contributed by atoms with van der Waals surface area (Å²) in [5, 5.41) is 16.7. The summed E-state index contributed by atoms with van der Waals surface area (Å²) in [6.07, 6.45) is 13.4. The van der Waals surface area contributed by atoms with Crippen LogP contribution in [-0.4, -0.2) is 47.3 Å². The lowest BCUT2D eigenvalue weighted by molar-refractivity contribution is -0.147. The van der Waals surface area contributed by atoms with Crippen LogP contribution in [0.4, 0.5) is 0 Å². The molecule has 0 aromatic carbocycles. The summed E-state index contributed by atoms with van der Waals surface area (Å²) in [4.78, 5) is 42.3. The fourth-order valence-corrected chi connectivity index (χ4v) is 2.70. The monoisotopic (exact) mass is 460 g/mol. The van der Waals surface area contributed by atoms with Gasteiger partial charge >= 0.3 is 23.9 Å². The fourth-order valence-electron chi connectivity index (χ4n) is 2.70. The van der Waals surface area contributed by atoms with E-state index in [9.17, 15) is 19.2 Å². The van der Waals surface area contributed by atoms with Crippen molar-refractivity contribution < 1.29 is 38.9 Å². The van der Waals surface area contributed by atoms with Gasteiger partial charge in [-0.2, -0.15) is 0 Å². The second-order valence-corrected chi connectivity index (χ2v) is 7.76. The van der Waals surface area contributed by atoms with Gasteiger partial charge < -0.3 is 19.7 Å². The van der Waals surface area contributed by atoms with Gasteiger partial charge in [-0.1, -0.05) is 78.1 Å². The minimum atomic E-state index is -0.962. The average molecular weight is 461 g/mol. The van der Waals surface area contributed by atoms with Gasteiger partial charge in [-0.3, -0.25) is 19.2 Å². The number of hydrogen-bond acceptors (Lipinski definition) is 6. The van der Waals surface area contributed by atoms with E-state index in [-0.39, 0.29) is 25.7 Å². The van der Waals surface area contributed by atoms with Gasteiger partial charge in [-0.25, -0.2) is 0 Å². The first kappa shape index (κ1) is 32.1. The maximum Gasteiger partial charge on any atom is 0.306 e. The molecule has 8 heteroatoms. The molecular weight excluding hydrogens is 416 g/mol. The third-order valence-corrected chi connectivity index (χ3v) is 4.61. The summed E-state index contributed by atoms with van der Waals surface area (Å²) in [5.74, 6) is -2.74. The molecule has 0 saturated carbocycles. The molecule has 0 bridgehead atoms. The number of carboxylic acid groups (broad SMARTS) is 2. The van der Waals surface area contributed by atoms with Crippen molar-refractivity contribution >= 4 is 23.9 Å². The van der Waals surface area contributed by atoms with E-state index < -0.39 is 23.9 Å². The molecule has 0 aliphatic rings. The van der Waals surface area contributed by atoms with Crippen LogP contribution in [0.25, 0.3) is 0 Å². The van der Waals surface area contributed by atoms with Crippen LogP contribution >= 0.6 is 0 Å². The van der Waals surface area contributed by atoms with Crippen LogP contribution in [0.2, 0.25) is 0 Å². The summed E-state index contributed by atoms with van der Waals surface area (Å²) in [5.41, 5.74) is 0. The zero-order valence-corrected chi connectivity index (χ0v) is 20.1.